The summed E-state index contributed by atoms with van der Waals surface area (Å²) in [6.07, 6.45) is 1.66. The van der Waals surface area contributed by atoms with Crippen LogP contribution in [0.5, 0.6) is 11.5 Å². The molecule has 4 rings (SSSR count). The SMILES string of the molecule is COc1ccc(NC(=O)Cc2ccc(-c3ccc(-n4ncnn4)cc3)cc2)cc1OCCN(C)C. The monoisotopic (exact) mass is 472 g/mol. The second-order valence-corrected chi connectivity index (χ2v) is 8.21. The Morgan fingerprint density at radius 3 is 2.31 bits per heavy atom. The van der Waals surface area contributed by atoms with E-state index in [-0.39, 0.29) is 12.3 Å². The fourth-order valence-corrected chi connectivity index (χ4v) is 3.48. The number of carbonyl (C=O) groups excluding carboxylic acids is 1. The number of methoxy groups -OCH3 is 1. The molecule has 1 N–H and O–H groups in total. The lowest BCUT2D eigenvalue weighted by Gasteiger charge is -2.15. The molecule has 9 heteroatoms. The maximum Gasteiger partial charge on any atom is 0.228 e. The van der Waals surface area contributed by atoms with E-state index in [0.717, 1.165) is 28.9 Å². The number of amides is 1. The Bertz CT molecular complexity index is 1240. The van der Waals surface area contributed by atoms with Gasteiger partial charge in [-0.3, -0.25) is 4.79 Å². The van der Waals surface area contributed by atoms with Crippen molar-refractivity contribution in [3.63, 3.8) is 0 Å². The van der Waals surface area contributed by atoms with E-state index in [0.29, 0.717) is 23.8 Å². The van der Waals surface area contributed by atoms with E-state index >= 15 is 0 Å². The van der Waals surface area contributed by atoms with Crippen LogP contribution in [0, 0.1) is 0 Å². The molecule has 9 nitrogen and oxygen atoms in total. The van der Waals surface area contributed by atoms with Crippen LogP contribution in [0.15, 0.2) is 73.1 Å². The minimum Gasteiger partial charge on any atom is -0.493 e. The first-order valence-electron chi connectivity index (χ1n) is 11.2. The molecule has 0 unspecified atom stereocenters. The maximum atomic E-state index is 12.6. The molecule has 1 aromatic heterocycles. The molecule has 0 atom stereocenters. The predicted octanol–water partition coefficient (Wildman–Crippen LogP) is 3.46. The summed E-state index contributed by atoms with van der Waals surface area (Å²) in [7, 11) is 5.56. The Hall–Kier alpha value is -4.24. The quantitative estimate of drug-likeness (QED) is 0.378. The Labute approximate surface area is 204 Å². The molecule has 0 aliphatic heterocycles. The number of ether oxygens (including phenoxy) is 2. The van der Waals surface area contributed by atoms with Gasteiger partial charge in [-0.1, -0.05) is 36.4 Å². The van der Waals surface area contributed by atoms with Crippen molar-refractivity contribution in [2.24, 2.45) is 0 Å². The number of tetrazole rings is 1. The van der Waals surface area contributed by atoms with Gasteiger partial charge in [-0.05, 0) is 60.3 Å². The van der Waals surface area contributed by atoms with Crippen LogP contribution < -0.4 is 14.8 Å². The second-order valence-electron chi connectivity index (χ2n) is 8.21. The number of rotatable bonds is 10. The van der Waals surface area contributed by atoms with Crippen molar-refractivity contribution < 1.29 is 14.3 Å². The first kappa shape index (κ1) is 23.9. The van der Waals surface area contributed by atoms with Crippen LogP contribution in [-0.4, -0.2) is 65.4 Å². The van der Waals surface area contributed by atoms with Crippen molar-refractivity contribution in [3.8, 4) is 28.3 Å². The summed E-state index contributed by atoms with van der Waals surface area (Å²) in [5.41, 5.74) is 4.54. The van der Waals surface area contributed by atoms with Crippen LogP contribution in [0.3, 0.4) is 0 Å². The lowest BCUT2D eigenvalue weighted by atomic mass is 10.0. The van der Waals surface area contributed by atoms with Gasteiger partial charge in [0.1, 0.15) is 6.61 Å². The topological polar surface area (TPSA) is 94.4 Å². The third kappa shape index (κ3) is 6.42. The van der Waals surface area contributed by atoms with E-state index in [4.69, 9.17) is 9.47 Å². The first-order valence-corrected chi connectivity index (χ1v) is 11.2. The molecule has 0 aliphatic carbocycles. The van der Waals surface area contributed by atoms with E-state index in [1.54, 1.807) is 25.3 Å². The molecule has 35 heavy (non-hydrogen) atoms. The molecule has 0 saturated carbocycles. The molecule has 1 amide bonds. The minimum atomic E-state index is -0.105. The third-order valence-corrected chi connectivity index (χ3v) is 5.34. The molecule has 1 heterocycles. The van der Waals surface area contributed by atoms with Crippen LogP contribution in [0.2, 0.25) is 0 Å². The molecular formula is C26H28N6O3. The Morgan fingerprint density at radius 1 is 0.971 bits per heavy atom. The van der Waals surface area contributed by atoms with E-state index in [2.05, 4.69) is 20.7 Å². The summed E-state index contributed by atoms with van der Waals surface area (Å²) in [6.45, 7) is 1.30. The lowest BCUT2D eigenvalue weighted by Crippen LogP contribution is -2.19. The molecular weight excluding hydrogens is 444 g/mol. The molecule has 3 aromatic carbocycles. The van der Waals surface area contributed by atoms with E-state index in [1.807, 2.05) is 67.5 Å². The molecule has 0 bridgehead atoms. The number of aromatic nitrogens is 4. The summed E-state index contributed by atoms with van der Waals surface area (Å²) in [5.74, 6) is 1.12. The highest BCUT2D eigenvalue weighted by Gasteiger charge is 2.10. The Balaban J connectivity index is 1.36. The van der Waals surface area contributed by atoms with Crippen LogP contribution in [0.25, 0.3) is 16.8 Å². The summed E-state index contributed by atoms with van der Waals surface area (Å²) >= 11 is 0. The molecule has 0 spiro atoms. The molecule has 0 radical (unpaired) electrons. The van der Waals surface area contributed by atoms with Crippen molar-refractivity contribution in [1.29, 1.82) is 0 Å². The van der Waals surface area contributed by atoms with Crippen LogP contribution in [0.1, 0.15) is 5.56 Å². The van der Waals surface area contributed by atoms with Gasteiger partial charge >= 0.3 is 0 Å². The molecule has 180 valence electrons. The predicted molar refractivity (Wildman–Crippen MR) is 134 cm³/mol. The van der Waals surface area contributed by atoms with E-state index < -0.39 is 0 Å². The summed E-state index contributed by atoms with van der Waals surface area (Å²) in [6, 6.07) is 21.2. The minimum absolute atomic E-state index is 0.105. The van der Waals surface area contributed by atoms with Gasteiger partial charge < -0.3 is 19.7 Å². The van der Waals surface area contributed by atoms with Gasteiger partial charge in [0.25, 0.3) is 0 Å². The standard InChI is InChI=1S/C26H28N6O3/c1-31(2)14-15-35-25-17-22(10-13-24(25)34-3)29-26(33)16-19-4-6-20(7-5-19)21-8-11-23(12-9-21)32-28-18-27-30-32/h4-13,17-18H,14-16H2,1-3H3,(H,29,33). The highest BCUT2D eigenvalue weighted by atomic mass is 16.5. The smallest absolute Gasteiger partial charge is 0.228 e. The van der Waals surface area contributed by atoms with Gasteiger partial charge in [-0.25, -0.2) is 0 Å². The highest BCUT2D eigenvalue weighted by molar-refractivity contribution is 5.92. The number of nitrogens with zero attached hydrogens (tertiary/aromatic N) is 5. The van der Waals surface area contributed by atoms with Crippen molar-refractivity contribution >= 4 is 11.6 Å². The molecule has 0 aliphatic rings. The second kappa shape index (κ2) is 11.3. The number of benzene rings is 3. The van der Waals surface area contributed by atoms with Gasteiger partial charge in [0.2, 0.25) is 5.91 Å². The summed E-state index contributed by atoms with van der Waals surface area (Å²) in [4.78, 5) is 16.1. The largest absolute Gasteiger partial charge is 0.493 e. The zero-order valence-electron chi connectivity index (χ0n) is 20.0. The van der Waals surface area contributed by atoms with Crippen molar-refractivity contribution in [1.82, 2.24) is 25.1 Å². The number of nitrogens with one attached hydrogen (secondary N) is 1. The fourth-order valence-electron chi connectivity index (χ4n) is 3.48. The molecule has 0 saturated heterocycles. The van der Waals surface area contributed by atoms with Crippen molar-refractivity contribution in [3.05, 3.63) is 78.6 Å². The van der Waals surface area contributed by atoms with Gasteiger partial charge in [0.15, 0.2) is 17.8 Å². The van der Waals surface area contributed by atoms with Crippen LogP contribution in [-0.2, 0) is 11.2 Å². The third-order valence-electron chi connectivity index (χ3n) is 5.34. The average molecular weight is 473 g/mol. The molecule has 4 aromatic rings. The van der Waals surface area contributed by atoms with Crippen LogP contribution in [0.4, 0.5) is 5.69 Å². The van der Waals surface area contributed by atoms with Gasteiger partial charge in [-0.15, -0.1) is 15.0 Å². The number of hydrogen-bond donors (Lipinski definition) is 1. The maximum absolute atomic E-state index is 12.6. The van der Waals surface area contributed by atoms with E-state index in [9.17, 15) is 4.79 Å². The van der Waals surface area contributed by atoms with Gasteiger partial charge in [0.05, 0.1) is 19.2 Å². The van der Waals surface area contributed by atoms with Gasteiger partial charge in [0, 0.05) is 18.3 Å². The van der Waals surface area contributed by atoms with Crippen LogP contribution >= 0.6 is 0 Å². The van der Waals surface area contributed by atoms with Crippen molar-refractivity contribution in [2.45, 2.75) is 6.42 Å². The Morgan fingerprint density at radius 2 is 1.69 bits per heavy atom. The summed E-state index contributed by atoms with van der Waals surface area (Å²) < 4.78 is 11.2. The Kier molecular flexibility index (Phi) is 7.69. The highest BCUT2D eigenvalue weighted by Crippen LogP contribution is 2.30. The zero-order chi connectivity index (χ0) is 24.6. The molecule has 0 fully saturated rings. The number of anilines is 1. The number of hydrogen-bond acceptors (Lipinski definition) is 7. The van der Waals surface area contributed by atoms with Gasteiger partial charge in [-0.2, -0.15) is 0 Å². The summed E-state index contributed by atoms with van der Waals surface area (Å²) in [5, 5.41) is 14.6. The number of likely N-dealkylation sites (N-methyl/N-ethyl adjacent to an activating group) is 1. The zero-order valence-corrected chi connectivity index (χ0v) is 20.0. The normalized spacial score (nSPS) is 10.9. The lowest BCUT2D eigenvalue weighted by molar-refractivity contribution is -0.115. The first-order chi connectivity index (χ1) is 17.0. The van der Waals surface area contributed by atoms with E-state index in [1.165, 1.54) is 11.1 Å². The van der Waals surface area contributed by atoms with Crippen molar-refractivity contribution in [2.75, 3.05) is 39.7 Å². The number of carbonyl (C=O) groups is 1. The average Bonchev–Trinajstić information content (AvgIpc) is 3.40. The fraction of sp³-hybridized carbons (Fsp3) is 0.231.